The van der Waals surface area contributed by atoms with Crippen LogP contribution in [-0.2, 0) is 14.8 Å². The van der Waals surface area contributed by atoms with Crippen LogP contribution in [0.25, 0.3) is 0 Å². The van der Waals surface area contributed by atoms with Crippen LogP contribution in [0, 0.1) is 0 Å². The van der Waals surface area contributed by atoms with Gasteiger partial charge in [0.1, 0.15) is 16.7 Å². The molecule has 1 aromatic rings. The maximum atomic E-state index is 12.6. The predicted octanol–water partition coefficient (Wildman–Crippen LogP) is 1.61. The van der Waals surface area contributed by atoms with E-state index in [-0.39, 0.29) is 22.3 Å². The predicted molar refractivity (Wildman–Crippen MR) is 78.5 cm³/mol. The molecule has 1 N–H and O–H groups in total. The number of halogens is 1. The van der Waals surface area contributed by atoms with Crippen molar-refractivity contribution in [3.05, 3.63) is 22.7 Å². The highest BCUT2D eigenvalue weighted by molar-refractivity contribution is 9.10. The van der Waals surface area contributed by atoms with E-state index in [4.69, 9.17) is 9.84 Å². The average Bonchev–Trinajstić information content (AvgIpc) is 2.88. The monoisotopic (exact) mass is 381 g/mol. The summed E-state index contributed by atoms with van der Waals surface area (Å²) in [4.78, 5) is 11.1. The Morgan fingerprint density at radius 1 is 1.55 bits per heavy atom. The van der Waals surface area contributed by atoms with E-state index in [1.165, 1.54) is 31.0 Å². The van der Waals surface area contributed by atoms with Crippen LogP contribution in [0.2, 0.25) is 0 Å². The lowest BCUT2D eigenvalue weighted by atomic mass is 10.3. The minimum absolute atomic E-state index is 0.0388. The van der Waals surface area contributed by atoms with Gasteiger partial charge in [0.2, 0.25) is 10.0 Å². The molecule has 0 spiro atoms. The molecule has 0 radical (unpaired) electrons. The fourth-order valence-corrected chi connectivity index (χ4v) is 5.67. The SMILES string of the molecule is COc1ccc(Br)cc1S(=O)(=O)N1CSCC1C(=O)O. The van der Waals surface area contributed by atoms with E-state index in [0.29, 0.717) is 4.47 Å². The first-order chi connectivity index (χ1) is 9.37. The Hall–Kier alpha value is -0.770. The quantitative estimate of drug-likeness (QED) is 0.852. The molecule has 9 heteroatoms. The first-order valence-electron chi connectivity index (χ1n) is 5.54. The maximum absolute atomic E-state index is 12.6. The Morgan fingerprint density at radius 3 is 2.85 bits per heavy atom. The number of nitrogens with zero attached hydrogens (tertiary/aromatic N) is 1. The molecule has 2 rings (SSSR count). The van der Waals surface area contributed by atoms with Crippen molar-refractivity contribution in [3.63, 3.8) is 0 Å². The summed E-state index contributed by atoms with van der Waals surface area (Å²) in [5.74, 6) is -0.596. The summed E-state index contributed by atoms with van der Waals surface area (Å²) in [6, 6.07) is 3.55. The van der Waals surface area contributed by atoms with Crippen molar-refractivity contribution in [1.82, 2.24) is 4.31 Å². The third kappa shape index (κ3) is 2.80. The lowest BCUT2D eigenvalue weighted by Crippen LogP contribution is -2.41. The molecule has 1 saturated heterocycles. The maximum Gasteiger partial charge on any atom is 0.322 e. The molecule has 1 atom stereocenters. The minimum atomic E-state index is -3.92. The lowest BCUT2D eigenvalue weighted by molar-refractivity contribution is -0.140. The summed E-state index contributed by atoms with van der Waals surface area (Å²) in [6.07, 6.45) is 0. The van der Waals surface area contributed by atoms with Crippen LogP contribution in [0.4, 0.5) is 0 Å². The van der Waals surface area contributed by atoms with Gasteiger partial charge in [0, 0.05) is 10.2 Å². The molecule has 1 fully saturated rings. The molecule has 1 unspecified atom stereocenters. The number of aliphatic carboxylic acids is 1. The second-order valence-corrected chi connectivity index (χ2v) is 7.82. The van der Waals surface area contributed by atoms with Crippen LogP contribution in [0.1, 0.15) is 0 Å². The third-order valence-corrected chi connectivity index (χ3v) is 6.38. The van der Waals surface area contributed by atoms with Crippen LogP contribution in [-0.4, -0.2) is 48.6 Å². The fourth-order valence-electron chi connectivity index (χ4n) is 1.84. The van der Waals surface area contributed by atoms with Gasteiger partial charge in [-0.2, -0.15) is 4.31 Å². The topological polar surface area (TPSA) is 83.9 Å². The summed E-state index contributed by atoms with van der Waals surface area (Å²) >= 11 is 4.48. The van der Waals surface area contributed by atoms with Gasteiger partial charge in [-0.1, -0.05) is 15.9 Å². The van der Waals surface area contributed by atoms with Crippen LogP contribution < -0.4 is 4.74 Å². The number of hydrogen-bond acceptors (Lipinski definition) is 5. The number of sulfonamides is 1. The van der Waals surface area contributed by atoms with E-state index >= 15 is 0 Å². The molecule has 0 bridgehead atoms. The van der Waals surface area contributed by atoms with Gasteiger partial charge in [0.05, 0.1) is 13.0 Å². The normalized spacial score (nSPS) is 20.0. The molecule has 1 aromatic carbocycles. The first kappa shape index (κ1) is 15.6. The van der Waals surface area contributed by atoms with E-state index in [9.17, 15) is 13.2 Å². The van der Waals surface area contributed by atoms with Gasteiger partial charge < -0.3 is 9.84 Å². The Bertz CT molecular complexity index is 634. The lowest BCUT2D eigenvalue weighted by Gasteiger charge is -2.21. The number of rotatable bonds is 4. The number of carbonyl (C=O) groups is 1. The van der Waals surface area contributed by atoms with E-state index in [0.717, 1.165) is 4.31 Å². The number of hydrogen-bond donors (Lipinski definition) is 1. The molecule has 0 aliphatic carbocycles. The molecule has 1 aliphatic heterocycles. The van der Waals surface area contributed by atoms with Gasteiger partial charge in [-0.3, -0.25) is 4.79 Å². The van der Waals surface area contributed by atoms with Crippen molar-refractivity contribution < 1.29 is 23.1 Å². The smallest absolute Gasteiger partial charge is 0.322 e. The molecule has 1 aliphatic rings. The highest BCUT2D eigenvalue weighted by Gasteiger charge is 2.41. The van der Waals surface area contributed by atoms with Crippen molar-refractivity contribution in [2.45, 2.75) is 10.9 Å². The van der Waals surface area contributed by atoms with E-state index in [2.05, 4.69) is 15.9 Å². The highest BCUT2D eigenvalue weighted by atomic mass is 79.9. The zero-order valence-corrected chi connectivity index (χ0v) is 13.7. The van der Waals surface area contributed by atoms with Crippen LogP contribution >= 0.6 is 27.7 Å². The number of methoxy groups -OCH3 is 1. The van der Waals surface area contributed by atoms with Crippen molar-refractivity contribution in [1.29, 1.82) is 0 Å². The van der Waals surface area contributed by atoms with Crippen LogP contribution in [0.5, 0.6) is 5.75 Å². The molecule has 110 valence electrons. The van der Waals surface area contributed by atoms with Gasteiger partial charge >= 0.3 is 5.97 Å². The van der Waals surface area contributed by atoms with E-state index < -0.39 is 22.0 Å². The number of ether oxygens (including phenoxy) is 1. The standard InChI is InChI=1S/C11H12BrNO5S2/c1-18-9-3-2-7(12)4-10(9)20(16,17)13-6-19-5-8(13)11(14)15/h2-4,8H,5-6H2,1H3,(H,14,15). The van der Waals surface area contributed by atoms with Gasteiger partial charge in [-0.25, -0.2) is 8.42 Å². The van der Waals surface area contributed by atoms with E-state index in [1.54, 1.807) is 6.07 Å². The average molecular weight is 382 g/mol. The van der Waals surface area contributed by atoms with Gasteiger partial charge in [0.25, 0.3) is 0 Å². The Balaban J connectivity index is 2.50. The van der Waals surface area contributed by atoms with Crippen molar-refractivity contribution in [3.8, 4) is 5.75 Å². The number of thioether (sulfide) groups is 1. The number of carboxylic acid groups (broad SMARTS) is 1. The zero-order chi connectivity index (χ0) is 14.9. The molecule has 20 heavy (non-hydrogen) atoms. The summed E-state index contributed by atoms with van der Waals surface area (Å²) < 4.78 is 31.9. The fraction of sp³-hybridized carbons (Fsp3) is 0.364. The second kappa shape index (κ2) is 5.92. The van der Waals surface area contributed by atoms with Gasteiger partial charge in [0.15, 0.2) is 0 Å². The summed E-state index contributed by atoms with van der Waals surface area (Å²) in [7, 11) is -2.55. The molecular formula is C11H12BrNO5S2. The number of benzene rings is 1. The minimum Gasteiger partial charge on any atom is -0.495 e. The highest BCUT2D eigenvalue weighted by Crippen LogP contribution is 2.34. The van der Waals surface area contributed by atoms with Crippen LogP contribution in [0.15, 0.2) is 27.6 Å². The van der Waals surface area contributed by atoms with Crippen molar-refractivity contribution in [2.75, 3.05) is 18.7 Å². The zero-order valence-electron chi connectivity index (χ0n) is 10.4. The largest absolute Gasteiger partial charge is 0.495 e. The first-order valence-corrected chi connectivity index (χ1v) is 8.92. The van der Waals surface area contributed by atoms with Crippen molar-refractivity contribution >= 4 is 43.7 Å². The van der Waals surface area contributed by atoms with Crippen LogP contribution in [0.3, 0.4) is 0 Å². The molecule has 0 saturated carbocycles. The van der Waals surface area contributed by atoms with Crippen molar-refractivity contribution in [2.24, 2.45) is 0 Å². The molecular weight excluding hydrogens is 370 g/mol. The third-order valence-electron chi connectivity index (χ3n) is 2.84. The second-order valence-electron chi connectivity index (χ2n) is 4.04. The number of carboxylic acids is 1. The Morgan fingerprint density at radius 2 is 2.25 bits per heavy atom. The Labute approximate surface area is 129 Å². The van der Waals surface area contributed by atoms with Gasteiger partial charge in [-0.15, -0.1) is 11.8 Å². The summed E-state index contributed by atoms with van der Waals surface area (Å²) in [6.45, 7) is 0. The summed E-state index contributed by atoms with van der Waals surface area (Å²) in [5.41, 5.74) is 0. The molecule has 1 heterocycles. The molecule has 6 nitrogen and oxygen atoms in total. The summed E-state index contributed by atoms with van der Waals surface area (Å²) in [5, 5.41) is 9.12. The Kier molecular flexibility index (Phi) is 4.62. The van der Waals surface area contributed by atoms with Gasteiger partial charge in [-0.05, 0) is 18.2 Å². The molecule has 0 amide bonds. The van der Waals surface area contributed by atoms with E-state index in [1.807, 2.05) is 0 Å². The molecule has 0 aromatic heterocycles.